The normalized spacial score (nSPS) is 18.6. The summed E-state index contributed by atoms with van der Waals surface area (Å²) in [4.78, 5) is 26.7. The Morgan fingerprint density at radius 2 is 1.94 bits per heavy atom. The van der Waals surface area contributed by atoms with E-state index in [-0.39, 0.29) is 12.4 Å². The average Bonchev–Trinajstić information content (AvgIpc) is 3.16. The molecule has 1 amide bonds. The number of rotatable bonds is 3. The van der Waals surface area contributed by atoms with Gasteiger partial charge in [0.05, 0.1) is 12.3 Å². The lowest BCUT2D eigenvalue weighted by Gasteiger charge is -2.39. The van der Waals surface area contributed by atoms with E-state index >= 15 is 0 Å². The highest BCUT2D eigenvalue weighted by Crippen LogP contribution is 2.41. The maximum atomic E-state index is 13.7. The molecule has 3 heterocycles. The zero-order valence-corrected chi connectivity index (χ0v) is 18.9. The van der Waals surface area contributed by atoms with Crippen LogP contribution in [0.4, 0.5) is 0 Å². The van der Waals surface area contributed by atoms with Gasteiger partial charge >= 0.3 is 0 Å². The van der Waals surface area contributed by atoms with Gasteiger partial charge in [-0.15, -0.1) is 0 Å². The number of nitrogens with one attached hydrogen (secondary N) is 1. The van der Waals surface area contributed by atoms with Crippen LogP contribution in [0.3, 0.4) is 0 Å². The average molecular weight is 449 g/mol. The Kier molecular flexibility index (Phi) is 6.44. The monoisotopic (exact) mass is 448 g/mol. The minimum Gasteiger partial charge on any atom is -0.491 e. The van der Waals surface area contributed by atoms with Crippen molar-refractivity contribution in [1.82, 2.24) is 20.1 Å². The lowest BCUT2D eigenvalue weighted by molar-refractivity contribution is -0.122. The topological polar surface area (TPSA) is 106 Å². The molecule has 1 aliphatic heterocycles. The molecule has 1 aromatic carbocycles. The molecule has 172 valence electrons. The van der Waals surface area contributed by atoms with Crippen molar-refractivity contribution in [2.45, 2.75) is 44.6 Å². The van der Waals surface area contributed by atoms with E-state index in [1.54, 1.807) is 10.9 Å². The summed E-state index contributed by atoms with van der Waals surface area (Å²) in [6.07, 6.45) is 6.45. The van der Waals surface area contributed by atoms with Gasteiger partial charge in [-0.2, -0.15) is 5.10 Å². The molecular formula is C25H28N4O4. The number of aryl methyl sites for hydroxylation is 3. The minimum absolute atomic E-state index is 0.104. The van der Waals surface area contributed by atoms with E-state index in [0.717, 1.165) is 53.9 Å². The van der Waals surface area contributed by atoms with Gasteiger partial charge in [0.25, 0.3) is 12.4 Å². The minimum atomic E-state index is -0.745. The quantitative estimate of drug-likeness (QED) is 0.596. The van der Waals surface area contributed by atoms with Gasteiger partial charge in [-0.05, 0) is 50.3 Å². The summed E-state index contributed by atoms with van der Waals surface area (Å²) >= 11 is 0. The number of amides is 1. The molecule has 1 atom stereocenters. The summed E-state index contributed by atoms with van der Waals surface area (Å²) in [5.41, 5.74) is 5.02. The van der Waals surface area contributed by atoms with Gasteiger partial charge in [0, 0.05) is 25.2 Å². The Labute approximate surface area is 192 Å². The molecule has 2 N–H and O–H groups in total. The molecule has 5 rings (SSSR count). The lowest BCUT2D eigenvalue weighted by Crippen LogP contribution is -2.50. The zero-order valence-electron chi connectivity index (χ0n) is 18.9. The second-order valence-corrected chi connectivity index (χ2v) is 8.38. The van der Waals surface area contributed by atoms with Crippen molar-refractivity contribution in [2.24, 2.45) is 7.05 Å². The van der Waals surface area contributed by atoms with E-state index < -0.39 is 5.54 Å². The molecular weight excluding hydrogens is 420 g/mol. The Morgan fingerprint density at radius 1 is 1.21 bits per heavy atom. The van der Waals surface area contributed by atoms with Gasteiger partial charge in [0.15, 0.2) is 0 Å². The first kappa shape index (κ1) is 22.5. The number of hydrogen-bond acceptors (Lipinski definition) is 5. The first-order chi connectivity index (χ1) is 16.0. The number of fused-ring (bicyclic) bond motifs is 2. The molecule has 0 spiro atoms. The molecule has 0 unspecified atom stereocenters. The third kappa shape index (κ3) is 4.20. The summed E-state index contributed by atoms with van der Waals surface area (Å²) < 4.78 is 7.62. The first-order valence-electron chi connectivity index (χ1n) is 11.1. The van der Waals surface area contributed by atoms with Gasteiger partial charge in [-0.25, -0.2) is 0 Å². The second-order valence-electron chi connectivity index (χ2n) is 8.38. The van der Waals surface area contributed by atoms with Gasteiger partial charge in [-0.1, -0.05) is 29.8 Å². The number of ether oxygens (including phenoxy) is 1. The number of benzene rings is 1. The number of nitrogens with zero attached hydrogens (tertiary/aromatic N) is 3. The first-order valence-corrected chi connectivity index (χ1v) is 11.1. The van der Waals surface area contributed by atoms with Crippen LogP contribution in [0.15, 0.2) is 42.6 Å². The molecule has 0 fully saturated rings. The third-order valence-corrected chi connectivity index (χ3v) is 6.31. The molecule has 0 radical (unpaired) electrons. The van der Waals surface area contributed by atoms with E-state index in [4.69, 9.17) is 14.6 Å². The van der Waals surface area contributed by atoms with Crippen LogP contribution in [0.1, 0.15) is 57.8 Å². The number of hydrogen-bond donors (Lipinski definition) is 2. The van der Waals surface area contributed by atoms with Crippen LogP contribution in [0.2, 0.25) is 0 Å². The van der Waals surface area contributed by atoms with E-state index in [1.807, 2.05) is 19.2 Å². The summed E-state index contributed by atoms with van der Waals surface area (Å²) in [6.45, 7) is 2.32. The summed E-state index contributed by atoms with van der Waals surface area (Å²) in [7, 11) is 1.86. The number of pyridine rings is 1. The molecule has 0 saturated heterocycles. The Morgan fingerprint density at radius 3 is 2.70 bits per heavy atom. The maximum Gasteiger partial charge on any atom is 0.290 e. The van der Waals surface area contributed by atoms with Gasteiger partial charge in [-0.3, -0.25) is 19.3 Å². The fourth-order valence-electron chi connectivity index (χ4n) is 4.79. The fraction of sp³-hybridized carbons (Fsp3) is 0.360. The van der Waals surface area contributed by atoms with Crippen molar-refractivity contribution in [3.05, 3.63) is 76.4 Å². The second kappa shape index (κ2) is 9.44. The summed E-state index contributed by atoms with van der Waals surface area (Å²) in [6, 6.07) is 12.1. The van der Waals surface area contributed by atoms with Crippen LogP contribution < -0.4 is 10.1 Å². The lowest BCUT2D eigenvalue weighted by atomic mass is 9.81. The molecule has 0 bridgehead atoms. The van der Waals surface area contributed by atoms with E-state index in [0.29, 0.717) is 18.7 Å². The predicted octanol–water partition coefficient (Wildman–Crippen LogP) is 3.16. The Balaban J connectivity index is 0.000000821. The molecule has 1 aliphatic carbocycles. The third-order valence-electron chi connectivity index (χ3n) is 6.31. The largest absolute Gasteiger partial charge is 0.491 e. The van der Waals surface area contributed by atoms with Crippen molar-refractivity contribution >= 4 is 12.4 Å². The van der Waals surface area contributed by atoms with Crippen LogP contribution in [0.25, 0.3) is 0 Å². The zero-order chi connectivity index (χ0) is 23.4. The van der Waals surface area contributed by atoms with E-state index in [9.17, 15) is 4.79 Å². The highest BCUT2D eigenvalue weighted by atomic mass is 16.5. The SMILES string of the molecule is Cc1ccc([C@@]2(NC(=O)c3c4c(nn3C)CCCC4)CCOc3cccnc32)cc1.O=CO. The number of carboxylic acid groups (broad SMARTS) is 1. The van der Waals surface area contributed by atoms with Crippen molar-refractivity contribution in [2.75, 3.05) is 6.61 Å². The molecule has 2 aromatic heterocycles. The van der Waals surface area contributed by atoms with E-state index in [2.05, 4.69) is 46.6 Å². The summed E-state index contributed by atoms with van der Waals surface area (Å²) in [5.74, 6) is 0.615. The number of aromatic nitrogens is 3. The smallest absolute Gasteiger partial charge is 0.290 e. The van der Waals surface area contributed by atoms with E-state index in [1.165, 1.54) is 5.56 Å². The highest BCUT2D eigenvalue weighted by molar-refractivity contribution is 5.95. The van der Waals surface area contributed by atoms with Crippen LogP contribution >= 0.6 is 0 Å². The van der Waals surface area contributed by atoms with Crippen LogP contribution in [-0.4, -0.2) is 38.9 Å². The van der Waals surface area contributed by atoms with Gasteiger partial charge in [0.2, 0.25) is 0 Å². The molecule has 8 nitrogen and oxygen atoms in total. The van der Waals surface area contributed by atoms with Crippen LogP contribution in [-0.2, 0) is 30.2 Å². The predicted molar refractivity (Wildman–Crippen MR) is 122 cm³/mol. The number of carbonyl (C=O) groups is 2. The molecule has 8 heteroatoms. The van der Waals surface area contributed by atoms with Crippen LogP contribution in [0.5, 0.6) is 5.75 Å². The highest BCUT2D eigenvalue weighted by Gasteiger charge is 2.43. The Bertz CT molecular complexity index is 1160. The van der Waals surface area contributed by atoms with Crippen LogP contribution in [0, 0.1) is 6.92 Å². The van der Waals surface area contributed by atoms with Crippen molar-refractivity contribution < 1.29 is 19.4 Å². The fourth-order valence-corrected chi connectivity index (χ4v) is 4.79. The molecule has 2 aliphatic rings. The van der Waals surface area contributed by atoms with Crippen molar-refractivity contribution in [3.63, 3.8) is 0 Å². The molecule has 3 aromatic rings. The maximum absolute atomic E-state index is 13.7. The van der Waals surface area contributed by atoms with Crippen molar-refractivity contribution in [1.29, 1.82) is 0 Å². The summed E-state index contributed by atoms with van der Waals surface area (Å²) in [5, 5.41) is 14.9. The molecule has 0 saturated carbocycles. The Hall–Kier alpha value is -3.68. The standard InChI is InChI=1S/C24H26N4O2.CH2O2/c1-16-9-11-17(12-10-16)24(13-15-30-20-8-5-14-25-22(20)24)26-23(29)21-18-6-3-4-7-19(18)27-28(21)2;2-1-3/h5,8-12,14H,3-4,6-7,13,15H2,1-2H3,(H,26,29);1H,(H,2,3)/t24-;/m0./s1. The van der Waals surface area contributed by atoms with Gasteiger partial charge < -0.3 is 15.2 Å². The van der Waals surface area contributed by atoms with Gasteiger partial charge in [0.1, 0.15) is 22.7 Å². The van der Waals surface area contributed by atoms with Crippen molar-refractivity contribution in [3.8, 4) is 5.75 Å². The molecule has 33 heavy (non-hydrogen) atoms. The number of carbonyl (C=O) groups excluding carboxylic acids is 1.